The van der Waals surface area contributed by atoms with Gasteiger partial charge in [-0.3, -0.25) is 4.98 Å². The molecule has 0 amide bonds. The third kappa shape index (κ3) is 2.02. The van der Waals surface area contributed by atoms with E-state index in [1.165, 1.54) is 0 Å². The molecular formula is C15H19N3O. The van der Waals surface area contributed by atoms with E-state index in [9.17, 15) is 0 Å². The molecule has 1 aromatic heterocycles. The Kier molecular flexibility index (Phi) is 2.82. The monoisotopic (exact) mass is 257 g/mol. The van der Waals surface area contributed by atoms with Gasteiger partial charge < -0.3 is 15.8 Å². The number of fused-ring (bicyclic) bond motifs is 1. The molecule has 2 aromatic rings. The van der Waals surface area contributed by atoms with Crippen molar-refractivity contribution in [3.05, 3.63) is 30.5 Å². The molecular weight excluding hydrogens is 238 g/mol. The molecule has 1 aliphatic rings. The molecule has 2 unspecified atom stereocenters. The zero-order valence-electron chi connectivity index (χ0n) is 11.3. The third-order valence-electron chi connectivity index (χ3n) is 4.10. The van der Waals surface area contributed by atoms with Crippen molar-refractivity contribution in [3.63, 3.8) is 0 Å². The van der Waals surface area contributed by atoms with Crippen molar-refractivity contribution in [1.29, 1.82) is 0 Å². The first-order chi connectivity index (χ1) is 9.10. The van der Waals surface area contributed by atoms with Crippen LogP contribution in [0.25, 0.3) is 10.9 Å². The van der Waals surface area contributed by atoms with Crippen LogP contribution in [0.2, 0.25) is 0 Å². The number of nitrogens with one attached hydrogen (secondary N) is 1. The number of hydrogen-bond acceptors (Lipinski definition) is 4. The summed E-state index contributed by atoms with van der Waals surface area (Å²) in [7, 11) is 0. The molecule has 0 bridgehead atoms. The zero-order valence-corrected chi connectivity index (χ0v) is 11.3. The van der Waals surface area contributed by atoms with Gasteiger partial charge in [-0.1, -0.05) is 18.2 Å². The van der Waals surface area contributed by atoms with Gasteiger partial charge in [0.05, 0.1) is 34.7 Å². The Balaban J connectivity index is 2.07. The summed E-state index contributed by atoms with van der Waals surface area (Å²) in [4.78, 5) is 4.36. The van der Waals surface area contributed by atoms with Gasteiger partial charge in [-0.15, -0.1) is 0 Å². The lowest BCUT2D eigenvalue weighted by Crippen LogP contribution is -2.41. The third-order valence-corrected chi connectivity index (χ3v) is 4.10. The van der Waals surface area contributed by atoms with E-state index in [4.69, 9.17) is 10.5 Å². The molecule has 2 heterocycles. The van der Waals surface area contributed by atoms with Crippen LogP contribution in [0.3, 0.4) is 0 Å². The minimum Gasteiger partial charge on any atom is -0.396 e. The molecule has 19 heavy (non-hydrogen) atoms. The highest BCUT2D eigenvalue weighted by molar-refractivity contribution is 5.97. The number of rotatable bonds is 2. The van der Waals surface area contributed by atoms with Crippen LogP contribution >= 0.6 is 0 Å². The fourth-order valence-electron chi connectivity index (χ4n) is 2.58. The Morgan fingerprint density at radius 3 is 2.95 bits per heavy atom. The van der Waals surface area contributed by atoms with Crippen molar-refractivity contribution in [2.24, 2.45) is 0 Å². The maximum Gasteiger partial charge on any atom is 0.0774 e. The summed E-state index contributed by atoms with van der Waals surface area (Å²) in [5.74, 6) is 0. The van der Waals surface area contributed by atoms with E-state index in [0.717, 1.165) is 29.6 Å². The van der Waals surface area contributed by atoms with Crippen LogP contribution in [0, 0.1) is 0 Å². The molecule has 2 atom stereocenters. The highest BCUT2D eigenvalue weighted by Gasteiger charge is 2.37. The number of benzene rings is 1. The predicted molar refractivity (Wildman–Crippen MR) is 78.2 cm³/mol. The summed E-state index contributed by atoms with van der Waals surface area (Å²) in [5.41, 5.74) is 8.61. The molecule has 1 fully saturated rings. The summed E-state index contributed by atoms with van der Waals surface area (Å²) in [6, 6.07) is 8.03. The molecule has 100 valence electrons. The number of ether oxygens (including phenoxy) is 1. The zero-order chi connectivity index (χ0) is 13.5. The van der Waals surface area contributed by atoms with E-state index >= 15 is 0 Å². The number of hydrogen-bond donors (Lipinski definition) is 2. The molecule has 1 saturated heterocycles. The van der Waals surface area contributed by atoms with Gasteiger partial charge in [-0.05, 0) is 26.3 Å². The van der Waals surface area contributed by atoms with Gasteiger partial charge in [0.25, 0.3) is 0 Å². The van der Waals surface area contributed by atoms with Crippen molar-refractivity contribution in [3.8, 4) is 0 Å². The van der Waals surface area contributed by atoms with Crippen LogP contribution in [-0.4, -0.2) is 23.2 Å². The molecule has 3 N–H and O–H groups in total. The average molecular weight is 257 g/mol. The van der Waals surface area contributed by atoms with Gasteiger partial charge in [-0.25, -0.2) is 0 Å². The van der Waals surface area contributed by atoms with Crippen molar-refractivity contribution in [1.82, 2.24) is 4.98 Å². The standard InChI is InChI=1S/C15H19N3O/c1-10-15(2,7-8-19-10)18-14-11-5-3-4-6-13(11)17-9-12(14)16/h3-6,9-10H,7-8,16H2,1-2H3,(H,17,18). The quantitative estimate of drug-likeness (QED) is 0.868. The Bertz CT molecular complexity index is 613. The summed E-state index contributed by atoms with van der Waals surface area (Å²) < 4.78 is 5.67. The SMILES string of the molecule is CC1OCCC1(C)Nc1c(N)cnc2ccccc12. The Morgan fingerprint density at radius 2 is 2.21 bits per heavy atom. The molecule has 1 aliphatic heterocycles. The van der Waals surface area contributed by atoms with Crippen LogP contribution in [0.15, 0.2) is 30.5 Å². The van der Waals surface area contributed by atoms with E-state index in [1.54, 1.807) is 6.20 Å². The number of nitrogens with zero attached hydrogens (tertiary/aromatic N) is 1. The number of pyridine rings is 1. The molecule has 0 aliphatic carbocycles. The molecule has 4 heteroatoms. The number of nitrogens with two attached hydrogens (primary N) is 1. The number of nitrogen functional groups attached to an aromatic ring is 1. The maximum atomic E-state index is 6.10. The van der Waals surface area contributed by atoms with Gasteiger partial charge in [0.1, 0.15) is 0 Å². The molecule has 0 saturated carbocycles. The summed E-state index contributed by atoms with van der Waals surface area (Å²) in [5, 5.41) is 4.65. The fraction of sp³-hybridized carbons (Fsp3) is 0.400. The van der Waals surface area contributed by atoms with E-state index in [-0.39, 0.29) is 11.6 Å². The average Bonchev–Trinajstić information content (AvgIpc) is 2.73. The van der Waals surface area contributed by atoms with E-state index in [1.807, 2.05) is 24.3 Å². The number of para-hydroxylation sites is 1. The van der Waals surface area contributed by atoms with Gasteiger partial charge in [-0.2, -0.15) is 0 Å². The molecule has 4 nitrogen and oxygen atoms in total. The number of aromatic nitrogens is 1. The normalized spacial score (nSPS) is 26.7. The number of anilines is 2. The van der Waals surface area contributed by atoms with Crippen molar-refractivity contribution < 1.29 is 4.74 Å². The Morgan fingerprint density at radius 1 is 1.42 bits per heavy atom. The van der Waals surface area contributed by atoms with Crippen molar-refractivity contribution in [2.45, 2.75) is 31.9 Å². The van der Waals surface area contributed by atoms with Gasteiger partial charge in [0.2, 0.25) is 0 Å². The summed E-state index contributed by atoms with van der Waals surface area (Å²) in [6.07, 6.45) is 2.86. The fourth-order valence-corrected chi connectivity index (χ4v) is 2.58. The second-order valence-electron chi connectivity index (χ2n) is 5.41. The van der Waals surface area contributed by atoms with Gasteiger partial charge in [0.15, 0.2) is 0 Å². The smallest absolute Gasteiger partial charge is 0.0774 e. The van der Waals surface area contributed by atoms with Gasteiger partial charge in [0, 0.05) is 12.0 Å². The first-order valence-electron chi connectivity index (χ1n) is 6.63. The summed E-state index contributed by atoms with van der Waals surface area (Å²) >= 11 is 0. The molecule has 3 rings (SSSR count). The van der Waals surface area contributed by atoms with Crippen LogP contribution in [-0.2, 0) is 4.74 Å². The molecule has 0 radical (unpaired) electrons. The van der Waals surface area contributed by atoms with Crippen LogP contribution in [0.4, 0.5) is 11.4 Å². The molecule has 1 aromatic carbocycles. The largest absolute Gasteiger partial charge is 0.396 e. The second kappa shape index (κ2) is 4.38. The van der Waals surface area contributed by atoms with Crippen LogP contribution < -0.4 is 11.1 Å². The Hall–Kier alpha value is -1.81. The second-order valence-corrected chi connectivity index (χ2v) is 5.41. The summed E-state index contributed by atoms with van der Waals surface area (Å²) in [6.45, 7) is 5.06. The van der Waals surface area contributed by atoms with E-state index in [2.05, 4.69) is 24.1 Å². The van der Waals surface area contributed by atoms with E-state index in [0.29, 0.717) is 5.69 Å². The lowest BCUT2D eigenvalue weighted by molar-refractivity contribution is 0.105. The van der Waals surface area contributed by atoms with Crippen molar-refractivity contribution in [2.75, 3.05) is 17.7 Å². The maximum absolute atomic E-state index is 6.10. The predicted octanol–water partition coefficient (Wildman–Crippen LogP) is 2.80. The first-order valence-corrected chi connectivity index (χ1v) is 6.63. The minimum absolute atomic E-state index is 0.0851. The van der Waals surface area contributed by atoms with Gasteiger partial charge >= 0.3 is 0 Å². The lowest BCUT2D eigenvalue weighted by Gasteiger charge is -2.31. The Labute approximate surface area is 113 Å². The van der Waals surface area contributed by atoms with E-state index < -0.39 is 0 Å². The molecule has 0 spiro atoms. The highest BCUT2D eigenvalue weighted by Crippen LogP contribution is 2.35. The highest BCUT2D eigenvalue weighted by atomic mass is 16.5. The first kappa shape index (κ1) is 12.2. The topological polar surface area (TPSA) is 60.2 Å². The van der Waals surface area contributed by atoms with Crippen LogP contribution in [0.5, 0.6) is 0 Å². The van der Waals surface area contributed by atoms with Crippen molar-refractivity contribution >= 4 is 22.3 Å². The van der Waals surface area contributed by atoms with Crippen LogP contribution in [0.1, 0.15) is 20.3 Å². The minimum atomic E-state index is -0.0851. The lowest BCUT2D eigenvalue weighted by atomic mass is 9.93.